The highest BCUT2D eigenvalue weighted by molar-refractivity contribution is 5.15. The maximum atomic E-state index is 5.29. The summed E-state index contributed by atoms with van der Waals surface area (Å²) in [5, 5.41) is 0. The third-order valence-electron chi connectivity index (χ3n) is 1.92. The Kier molecular flexibility index (Phi) is 3.71. The predicted molar refractivity (Wildman–Crippen MR) is 48.4 cm³/mol. The molecule has 1 heterocycles. The van der Waals surface area contributed by atoms with Gasteiger partial charge in [-0.3, -0.25) is 0 Å². The fourth-order valence-electron chi connectivity index (χ4n) is 1.22. The number of hydrogen-bond donors (Lipinski definition) is 0. The molecule has 0 aromatic rings. The Labute approximate surface area is 73.9 Å². The van der Waals surface area contributed by atoms with Crippen molar-refractivity contribution in [1.29, 1.82) is 0 Å². The van der Waals surface area contributed by atoms with Gasteiger partial charge in [0, 0.05) is 6.42 Å². The van der Waals surface area contributed by atoms with E-state index in [1.54, 1.807) is 6.08 Å². The molecule has 0 aromatic carbocycles. The lowest BCUT2D eigenvalue weighted by molar-refractivity contribution is 0.0717. The third kappa shape index (κ3) is 2.29. The topological polar surface area (TPSA) is 18.5 Å². The van der Waals surface area contributed by atoms with E-state index in [1.807, 2.05) is 0 Å². The fraction of sp³-hybridized carbons (Fsp3) is 0.600. The molecule has 2 nitrogen and oxygen atoms in total. The summed E-state index contributed by atoms with van der Waals surface area (Å²) >= 11 is 0. The summed E-state index contributed by atoms with van der Waals surface area (Å²) in [7, 11) is 0. The average Bonchev–Trinajstić information content (AvgIpc) is 2.52. The summed E-state index contributed by atoms with van der Waals surface area (Å²) in [5.41, 5.74) is 0. The first-order chi connectivity index (χ1) is 5.88. The van der Waals surface area contributed by atoms with E-state index in [-0.39, 0.29) is 0 Å². The van der Waals surface area contributed by atoms with Gasteiger partial charge in [0.15, 0.2) is 5.76 Å². The SMILES string of the molecule is C=CC1=C(CCCCC)OCO1. The van der Waals surface area contributed by atoms with Crippen LogP contribution in [0.4, 0.5) is 0 Å². The van der Waals surface area contributed by atoms with Crippen LogP contribution in [0.2, 0.25) is 0 Å². The molecule has 0 saturated heterocycles. The predicted octanol–water partition coefficient (Wildman–Crippen LogP) is 2.97. The molecule has 0 atom stereocenters. The Morgan fingerprint density at radius 1 is 1.42 bits per heavy atom. The molecule has 1 aliphatic heterocycles. The maximum absolute atomic E-state index is 5.29. The molecule has 0 fully saturated rings. The molecule has 0 radical (unpaired) electrons. The summed E-state index contributed by atoms with van der Waals surface area (Å²) in [6.07, 6.45) is 6.35. The fourth-order valence-corrected chi connectivity index (χ4v) is 1.22. The van der Waals surface area contributed by atoms with E-state index >= 15 is 0 Å². The van der Waals surface area contributed by atoms with Gasteiger partial charge in [-0.05, 0) is 12.5 Å². The first-order valence-corrected chi connectivity index (χ1v) is 4.49. The highest BCUT2D eigenvalue weighted by Gasteiger charge is 2.13. The van der Waals surface area contributed by atoms with Crippen molar-refractivity contribution in [2.24, 2.45) is 0 Å². The monoisotopic (exact) mass is 168 g/mol. The van der Waals surface area contributed by atoms with Gasteiger partial charge < -0.3 is 9.47 Å². The zero-order valence-corrected chi connectivity index (χ0v) is 7.64. The third-order valence-corrected chi connectivity index (χ3v) is 1.92. The second-order valence-corrected chi connectivity index (χ2v) is 2.86. The number of ether oxygens (including phenoxy) is 2. The van der Waals surface area contributed by atoms with Crippen LogP contribution < -0.4 is 0 Å². The normalized spacial score (nSPS) is 15.8. The highest BCUT2D eigenvalue weighted by Crippen LogP contribution is 2.22. The van der Waals surface area contributed by atoms with Crippen LogP contribution >= 0.6 is 0 Å². The minimum atomic E-state index is 0.364. The molecule has 12 heavy (non-hydrogen) atoms. The van der Waals surface area contributed by atoms with Crippen molar-refractivity contribution >= 4 is 0 Å². The number of unbranched alkanes of at least 4 members (excludes halogenated alkanes) is 2. The molecule has 1 rings (SSSR count). The van der Waals surface area contributed by atoms with Crippen LogP contribution in [0.25, 0.3) is 0 Å². The quantitative estimate of drug-likeness (QED) is 0.587. The van der Waals surface area contributed by atoms with E-state index in [0.29, 0.717) is 6.79 Å². The van der Waals surface area contributed by atoms with Crippen molar-refractivity contribution in [3.8, 4) is 0 Å². The van der Waals surface area contributed by atoms with Crippen LogP contribution in [0.15, 0.2) is 24.2 Å². The number of hydrogen-bond acceptors (Lipinski definition) is 2. The van der Waals surface area contributed by atoms with Crippen molar-refractivity contribution in [3.05, 3.63) is 24.2 Å². The van der Waals surface area contributed by atoms with E-state index < -0.39 is 0 Å². The molecular weight excluding hydrogens is 152 g/mol. The zero-order chi connectivity index (χ0) is 8.81. The van der Waals surface area contributed by atoms with Crippen LogP contribution in [-0.4, -0.2) is 6.79 Å². The van der Waals surface area contributed by atoms with Crippen LogP contribution in [0.3, 0.4) is 0 Å². The molecule has 1 aliphatic rings. The summed E-state index contributed by atoms with van der Waals surface area (Å²) in [4.78, 5) is 0. The Hall–Kier alpha value is -0.920. The van der Waals surface area contributed by atoms with E-state index in [1.165, 1.54) is 19.3 Å². The Morgan fingerprint density at radius 3 is 2.92 bits per heavy atom. The molecule has 0 spiro atoms. The molecule has 0 N–H and O–H groups in total. The van der Waals surface area contributed by atoms with E-state index in [0.717, 1.165) is 17.9 Å². The maximum Gasteiger partial charge on any atom is 0.230 e. The zero-order valence-electron chi connectivity index (χ0n) is 7.64. The second-order valence-electron chi connectivity index (χ2n) is 2.86. The molecule has 0 aromatic heterocycles. The Morgan fingerprint density at radius 2 is 2.25 bits per heavy atom. The standard InChI is InChI=1S/C10H16O2/c1-3-5-6-7-10-9(4-2)11-8-12-10/h4H,2-3,5-8H2,1H3. The van der Waals surface area contributed by atoms with Crippen molar-refractivity contribution in [2.45, 2.75) is 32.6 Å². The Bertz CT molecular complexity index is 182. The van der Waals surface area contributed by atoms with Gasteiger partial charge in [-0.2, -0.15) is 0 Å². The van der Waals surface area contributed by atoms with Crippen LogP contribution in [0, 0.1) is 0 Å². The minimum absolute atomic E-state index is 0.364. The first kappa shape index (κ1) is 9.17. The number of allylic oxidation sites excluding steroid dienone is 2. The second kappa shape index (κ2) is 4.86. The van der Waals surface area contributed by atoms with E-state index in [4.69, 9.17) is 9.47 Å². The van der Waals surface area contributed by atoms with Gasteiger partial charge in [0.2, 0.25) is 6.79 Å². The summed E-state index contributed by atoms with van der Waals surface area (Å²) in [5.74, 6) is 1.80. The van der Waals surface area contributed by atoms with Crippen LogP contribution in [0.5, 0.6) is 0 Å². The van der Waals surface area contributed by atoms with Gasteiger partial charge in [-0.1, -0.05) is 26.3 Å². The van der Waals surface area contributed by atoms with E-state index in [9.17, 15) is 0 Å². The molecular formula is C10H16O2. The van der Waals surface area contributed by atoms with Gasteiger partial charge >= 0.3 is 0 Å². The first-order valence-electron chi connectivity index (χ1n) is 4.49. The van der Waals surface area contributed by atoms with Crippen molar-refractivity contribution in [3.63, 3.8) is 0 Å². The molecule has 68 valence electrons. The summed E-state index contributed by atoms with van der Waals surface area (Å²) < 4.78 is 10.5. The highest BCUT2D eigenvalue weighted by atomic mass is 16.7. The summed E-state index contributed by atoms with van der Waals surface area (Å²) in [6, 6.07) is 0. The van der Waals surface area contributed by atoms with Gasteiger partial charge in [-0.25, -0.2) is 0 Å². The Balaban J connectivity index is 2.33. The molecule has 0 bridgehead atoms. The molecule has 0 aliphatic carbocycles. The lowest BCUT2D eigenvalue weighted by Crippen LogP contribution is -1.86. The van der Waals surface area contributed by atoms with Crippen LogP contribution in [0.1, 0.15) is 32.6 Å². The smallest absolute Gasteiger partial charge is 0.230 e. The lowest BCUT2D eigenvalue weighted by atomic mass is 10.1. The van der Waals surface area contributed by atoms with Gasteiger partial charge in [0.05, 0.1) is 0 Å². The van der Waals surface area contributed by atoms with Crippen LogP contribution in [-0.2, 0) is 9.47 Å². The molecule has 0 unspecified atom stereocenters. The van der Waals surface area contributed by atoms with Crippen molar-refractivity contribution in [2.75, 3.05) is 6.79 Å². The number of rotatable bonds is 5. The van der Waals surface area contributed by atoms with Crippen molar-refractivity contribution in [1.82, 2.24) is 0 Å². The lowest BCUT2D eigenvalue weighted by Gasteiger charge is -1.99. The van der Waals surface area contributed by atoms with Gasteiger partial charge in [0.1, 0.15) is 5.76 Å². The molecule has 2 heteroatoms. The van der Waals surface area contributed by atoms with E-state index in [2.05, 4.69) is 13.5 Å². The molecule has 0 saturated carbocycles. The van der Waals surface area contributed by atoms with Gasteiger partial charge in [0.25, 0.3) is 0 Å². The minimum Gasteiger partial charge on any atom is -0.458 e. The largest absolute Gasteiger partial charge is 0.458 e. The summed E-state index contributed by atoms with van der Waals surface area (Å²) in [6.45, 7) is 6.21. The van der Waals surface area contributed by atoms with Crippen molar-refractivity contribution < 1.29 is 9.47 Å². The average molecular weight is 168 g/mol. The molecule has 0 amide bonds. The van der Waals surface area contributed by atoms with Gasteiger partial charge in [-0.15, -0.1) is 0 Å².